The molecular formula is C19H22N4O5. The number of nitro groups is 1. The number of hydrogen-bond donors (Lipinski definition) is 0. The summed E-state index contributed by atoms with van der Waals surface area (Å²) in [4.78, 5) is 37.5. The van der Waals surface area contributed by atoms with E-state index < -0.39 is 16.2 Å². The highest BCUT2D eigenvalue weighted by Crippen LogP contribution is 2.35. The minimum atomic E-state index is -0.634. The number of aromatic nitrogens is 2. The maximum Gasteiger partial charge on any atom is 0.334 e. The number of pyridine rings is 1. The van der Waals surface area contributed by atoms with Gasteiger partial charge < -0.3 is 14.0 Å². The zero-order valence-electron chi connectivity index (χ0n) is 15.9. The highest BCUT2D eigenvalue weighted by atomic mass is 16.6. The van der Waals surface area contributed by atoms with E-state index in [0.717, 1.165) is 29.1 Å². The molecule has 2 bridgehead atoms. The molecule has 148 valence electrons. The summed E-state index contributed by atoms with van der Waals surface area (Å²) in [5.74, 6) is 0.987. The first kappa shape index (κ1) is 18.4. The first-order valence-corrected chi connectivity index (χ1v) is 9.42. The molecule has 9 nitrogen and oxygen atoms in total. The lowest BCUT2D eigenvalue weighted by molar-refractivity contribution is -0.386. The average Bonchev–Trinajstić information content (AvgIpc) is 2.98. The van der Waals surface area contributed by atoms with Crippen molar-refractivity contribution >= 4 is 11.6 Å². The Morgan fingerprint density at radius 3 is 2.79 bits per heavy atom. The summed E-state index contributed by atoms with van der Waals surface area (Å²) in [7, 11) is 0. The monoisotopic (exact) mass is 386 g/mol. The van der Waals surface area contributed by atoms with Gasteiger partial charge in [0.1, 0.15) is 5.76 Å². The summed E-state index contributed by atoms with van der Waals surface area (Å²) in [6.45, 7) is 5.24. The Morgan fingerprint density at radius 2 is 2.11 bits per heavy atom. The van der Waals surface area contributed by atoms with Gasteiger partial charge >= 0.3 is 11.2 Å². The third kappa shape index (κ3) is 3.10. The van der Waals surface area contributed by atoms with E-state index in [-0.39, 0.29) is 17.7 Å². The molecule has 2 aromatic heterocycles. The number of likely N-dealkylation sites (tertiary alicyclic amines) is 1. The lowest BCUT2D eigenvalue weighted by Crippen LogP contribution is -2.49. The number of amides is 1. The summed E-state index contributed by atoms with van der Waals surface area (Å²) in [6.07, 6.45) is 1.87. The van der Waals surface area contributed by atoms with Crippen molar-refractivity contribution in [2.45, 2.75) is 45.6 Å². The van der Waals surface area contributed by atoms with Crippen molar-refractivity contribution in [2.75, 3.05) is 13.1 Å². The van der Waals surface area contributed by atoms with Gasteiger partial charge in [0.25, 0.3) is 0 Å². The van der Waals surface area contributed by atoms with Crippen LogP contribution in [-0.4, -0.2) is 38.5 Å². The molecule has 2 aliphatic heterocycles. The topological polar surface area (TPSA) is 111 Å². The molecule has 9 heteroatoms. The quantitative estimate of drug-likeness (QED) is 0.586. The van der Waals surface area contributed by atoms with E-state index in [1.165, 1.54) is 10.6 Å². The molecule has 28 heavy (non-hydrogen) atoms. The first-order chi connectivity index (χ1) is 13.3. The SMILES string of the molecule is Cc1noc(C)c1CCC(=O)N1CC2CC(C1)c1ccc([N+](=O)[O-])c(=O)n1C2. The summed E-state index contributed by atoms with van der Waals surface area (Å²) in [6, 6.07) is 2.95. The fourth-order valence-corrected chi connectivity index (χ4v) is 4.53. The van der Waals surface area contributed by atoms with E-state index in [9.17, 15) is 19.7 Å². The molecule has 0 aliphatic carbocycles. The van der Waals surface area contributed by atoms with Gasteiger partial charge in [-0.15, -0.1) is 0 Å². The van der Waals surface area contributed by atoms with Gasteiger partial charge in [0.2, 0.25) is 5.91 Å². The molecule has 4 rings (SSSR count). The maximum atomic E-state index is 12.8. The zero-order chi connectivity index (χ0) is 20.0. The molecule has 4 heterocycles. The van der Waals surface area contributed by atoms with Gasteiger partial charge in [0.15, 0.2) is 0 Å². The Kier molecular flexibility index (Phi) is 4.52. The van der Waals surface area contributed by atoms with Crippen LogP contribution in [0.15, 0.2) is 21.5 Å². The van der Waals surface area contributed by atoms with Crippen molar-refractivity contribution in [2.24, 2.45) is 5.92 Å². The van der Waals surface area contributed by atoms with Crippen molar-refractivity contribution in [3.63, 3.8) is 0 Å². The predicted molar refractivity (Wildman–Crippen MR) is 99.1 cm³/mol. The summed E-state index contributed by atoms with van der Waals surface area (Å²) < 4.78 is 6.69. The molecule has 0 N–H and O–H groups in total. The Hall–Kier alpha value is -2.97. The van der Waals surface area contributed by atoms with Crippen LogP contribution in [0.3, 0.4) is 0 Å². The molecule has 1 saturated heterocycles. The summed E-state index contributed by atoms with van der Waals surface area (Å²) in [5.41, 5.74) is 1.65. The molecule has 0 spiro atoms. The maximum absolute atomic E-state index is 12.8. The molecule has 2 unspecified atom stereocenters. The van der Waals surface area contributed by atoms with Crippen LogP contribution in [0.4, 0.5) is 5.69 Å². The van der Waals surface area contributed by atoms with Crippen molar-refractivity contribution < 1.29 is 14.2 Å². The third-order valence-corrected chi connectivity index (χ3v) is 5.90. The highest BCUT2D eigenvalue weighted by Gasteiger charge is 2.37. The predicted octanol–water partition coefficient (Wildman–Crippen LogP) is 1.94. The fraction of sp³-hybridized carbons (Fsp3) is 0.526. The van der Waals surface area contributed by atoms with Gasteiger partial charge in [0, 0.05) is 49.3 Å². The molecule has 2 atom stereocenters. The molecule has 1 amide bonds. The van der Waals surface area contributed by atoms with Crippen molar-refractivity contribution in [1.29, 1.82) is 0 Å². The van der Waals surface area contributed by atoms with E-state index in [0.29, 0.717) is 32.5 Å². The second-order valence-electron chi connectivity index (χ2n) is 7.72. The lowest BCUT2D eigenvalue weighted by atomic mass is 9.83. The fourth-order valence-electron chi connectivity index (χ4n) is 4.53. The largest absolute Gasteiger partial charge is 0.361 e. The zero-order valence-corrected chi connectivity index (χ0v) is 15.9. The number of carbonyl (C=O) groups excluding carboxylic acids is 1. The average molecular weight is 386 g/mol. The molecule has 0 radical (unpaired) electrons. The van der Waals surface area contributed by atoms with Crippen LogP contribution in [0.2, 0.25) is 0 Å². The second-order valence-corrected chi connectivity index (χ2v) is 7.72. The van der Waals surface area contributed by atoms with Gasteiger partial charge in [-0.05, 0) is 38.7 Å². The van der Waals surface area contributed by atoms with Crippen LogP contribution in [-0.2, 0) is 17.8 Å². The van der Waals surface area contributed by atoms with Gasteiger partial charge in [-0.3, -0.25) is 19.7 Å². The number of rotatable bonds is 4. The molecule has 0 aromatic carbocycles. The molecule has 0 saturated carbocycles. The highest BCUT2D eigenvalue weighted by molar-refractivity contribution is 5.76. The van der Waals surface area contributed by atoms with E-state index >= 15 is 0 Å². The number of nitrogens with zero attached hydrogens (tertiary/aromatic N) is 4. The van der Waals surface area contributed by atoms with Crippen molar-refractivity contribution in [3.8, 4) is 0 Å². The second kappa shape index (κ2) is 6.88. The van der Waals surface area contributed by atoms with Crippen molar-refractivity contribution in [3.05, 3.63) is 55.3 Å². The van der Waals surface area contributed by atoms with Gasteiger partial charge in [-0.25, -0.2) is 0 Å². The van der Waals surface area contributed by atoms with E-state index in [1.54, 1.807) is 6.07 Å². The standard InChI is InChI=1S/C19H22N4O5/c1-11-15(12(2)28-20-11)3-6-18(24)21-8-13-7-14(10-21)16-4-5-17(23(26)27)19(25)22(16)9-13/h4-5,13-14H,3,6-10H2,1-2H3. The van der Waals surface area contributed by atoms with Crippen LogP contribution < -0.4 is 5.56 Å². The third-order valence-electron chi connectivity index (χ3n) is 5.90. The van der Waals surface area contributed by atoms with Crippen LogP contribution in [0.25, 0.3) is 0 Å². The van der Waals surface area contributed by atoms with Crippen LogP contribution in [0.1, 0.15) is 41.5 Å². The van der Waals surface area contributed by atoms with Crippen molar-refractivity contribution in [1.82, 2.24) is 14.6 Å². The summed E-state index contributed by atoms with van der Waals surface area (Å²) >= 11 is 0. The van der Waals surface area contributed by atoms with Gasteiger partial charge in [-0.2, -0.15) is 0 Å². The minimum absolute atomic E-state index is 0.0315. The Bertz CT molecular complexity index is 989. The summed E-state index contributed by atoms with van der Waals surface area (Å²) in [5, 5.41) is 15.0. The lowest BCUT2D eigenvalue weighted by Gasteiger charge is -2.42. The van der Waals surface area contributed by atoms with E-state index in [4.69, 9.17) is 4.52 Å². The normalized spacial score (nSPS) is 20.7. The Labute approximate surface area is 161 Å². The van der Waals surface area contributed by atoms with Crippen LogP contribution >= 0.6 is 0 Å². The van der Waals surface area contributed by atoms with Gasteiger partial charge in [-0.1, -0.05) is 5.16 Å². The van der Waals surface area contributed by atoms with E-state index in [2.05, 4.69) is 5.16 Å². The number of hydrogen-bond acceptors (Lipinski definition) is 6. The molecule has 2 aromatic rings. The first-order valence-electron chi connectivity index (χ1n) is 9.42. The van der Waals surface area contributed by atoms with Gasteiger partial charge in [0.05, 0.1) is 10.6 Å². The van der Waals surface area contributed by atoms with Crippen LogP contribution in [0.5, 0.6) is 0 Å². The van der Waals surface area contributed by atoms with Crippen LogP contribution in [0, 0.1) is 29.9 Å². The van der Waals surface area contributed by atoms with E-state index in [1.807, 2.05) is 18.7 Å². The smallest absolute Gasteiger partial charge is 0.334 e. The Balaban J connectivity index is 1.50. The number of carbonyl (C=O) groups is 1. The molecule has 1 fully saturated rings. The number of fused-ring (bicyclic) bond motifs is 4. The number of piperidine rings is 1. The Morgan fingerprint density at radius 1 is 1.32 bits per heavy atom. The molecular weight excluding hydrogens is 364 g/mol. The minimum Gasteiger partial charge on any atom is -0.361 e. The molecule has 2 aliphatic rings. The number of aryl methyl sites for hydroxylation is 2.